The van der Waals surface area contributed by atoms with Gasteiger partial charge in [-0.1, -0.05) is 6.08 Å². The van der Waals surface area contributed by atoms with Gasteiger partial charge in [0.25, 0.3) is 0 Å². The first-order valence-electron chi connectivity index (χ1n) is 5.22. The standard InChI is InChI=1S/C13H15N3/c1-3-6-15-13-7-9(2)16-12-5-4-10(14)8-11(12)13/h3-5,7-8H,1,6,14H2,2H3,(H,15,16). The zero-order valence-corrected chi connectivity index (χ0v) is 9.33. The van der Waals surface area contributed by atoms with Gasteiger partial charge in [-0.25, -0.2) is 0 Å². The maximum absolute atomic E-state index is 5.78. The number of nitrogen functional groups attached to an aromatic ring is 1. The van der Waals surface area contributed by atoms with Gasteiger partial charge in [-0.2, -0.15) is 0 Å². The van der Waals surface area contributed by atoms with Gasteiger partial charge in [-0.15, -0.1) is 6.58 Å². The maximum Gasteiger partial charge on any atom is 0.0727 e. The summed E-state index contributed by atoms with van der Waals surface area (Å²) in [6.07, 6.45) is 1.83. The third-order valence-electron chi connectivity index (χ3n) is 2.40. The highest BCUT2D eigenvalue weighted by Gasteiger charge is 2.03. The van der Waals surface area contributed by atoms with Crippen molar-refractivity contribution in [3.05, 3.63) is 42.6 Å². The van der Waals surface area contributed by atoms with Crippen LogP contribution in [0.25, 0.3) is 10.9 Å². The molecule has 1 aromatic carbocycles. The predicted octanol–water partition coefficient (Wildman–Crippen LogP) is 2.72. The number of nitrogens with zero attached hydrogens (tertiary/aromatic N) is 1. The molecule has 3 heteroatoms. The molecule has 1 heterocycles. The lowest BCUT2D eigenvalue weighted by molar-refractivity contribution is 1.24. The minimum atomic E-state index is 0.730. The van der Waals surface area contributed by atoms with Crippen LogP contribution >= 0.6 is 0 Å². The average molecular weight is 213 g/mol. The zero-order chi connectivity index (χ0) is 11.5. The number of rotatable bonds is 3. The van der Waals surface area contributed by atoms with E-state index in [0.717, 1.165) is 34.5 Å². The number of benzene rings is 1. The molecule has 3 N–H and O–H groups in total. The summed E-state index contributed by atoms with van der Waals surface area (Å²) < 4.78 is 0. The third kappa shape index (κ3) is 1.98. The summed E-state index contributed by atoms with van der Waals surface area (Å²) in [4.78, 5) is 4.46. The van der Waals surface area contributed by atoms with Crippen molar-refractivity contribution in [3.8, 4) is 0 Å². The van der Waals surface area contributed by atoms with Crippen molar-refractivity contribution in [1.29, 1.82) is 0 Å². The Morgan fingerprint density at radius 3 is 3.00 bits per heavy atom. The van der Waals surface area contributed by atoms with Crippen molar-refractivity contribution < 1.29 is 0 Å². The Labute approximate surface area is 95.0 Å². The third-order valence-corrected chi connectivity index (χ3v) is 2.40. The number of hydrogen-bond acceptors (Lipinski definition) is 3. The molecule has 0 amide bonds. The van der Waals surface area contributed by atoms with E-state index in [2.05, 4.69) is 16.9 Å². The van der Waals surface area contributed by atoms with Crippen molar-refractivity contribution in [3.63, 3.8) is 0 Å². The van der Waals surface area contributed by atoms with Crippen LogP contribution in [-0.2, 0) is 0 Å². The molecule has 0 atom stereocenters. The summed E-state index contributed by atoms with van der Waals surface area (Å²) >= 11 is 0. The Morgan fingerprint density at radius 2 is 2.25 bits per heavy atom. The quantitative estimate of drug-likeness (QED) is 0.609. The number of aromatic nitrogens is 1. The molecule has 82 valence electrons. The number of pyridine rings is 1. The zero-order valence-electron chi connectivity index (χ0n) is 9.33. The maximum atomic E-state index is 5.78. The Kier molecular flexibility index (Phi) is 2.77. The lowest BCUT2D eigenvalue weighted by atomic mass is 10.1. The SMILES string of the molecule is C=CCNc1cc(C)nc2ccc(N)cc12. The average Bonchev–Trinajstić information content (AvgIpc) is 2.26. The number of nitrogens with one attached hydrogen (secondary N) is 1. The Hall–Kier alpha value is -2.03. The molecule has 1 aromatic heterocycles. The van der Waals surface area contributed by atoms with Crippen LogP contribution in [0.5, 0.6) is 0 Å². The van der Waals surface area contributed by atoms with Crippen LogP contribution in [0.3, 0.4) is 0 Å². The first-order chi connectivity index (χ1) is 7.70. The van der Waals surface area contributed by atoms with Gasteiger partial charge in [0, 0.05) is 29.0 Å². The van der Waals surface area contributed by atoms with E-state index in [9.17, 15) is 0 Å². The molecule has 0 unspecified atom stereocenters. The number of aryl methyl sites for hydroxylation is 1. The number of fused-ring (bicyclic) bond motifs is 1. The van der Waals surface area contributed by atoms with E-state index in [0.29, 0.717) is 0 Å². The van der Waals surface area contributed by atoms with Gasteiger partial charge in [-0.05, 0) is 31.2 Å². The lowest BCUT2D eigenvalue weighted by Crippen LogP contribution is -2.00. The molecule has 0 radical (unpaired) electrons. The van der Waals surface area contributed by atoms with Crippen LogP contribution in [0.2, 0.25) is 0 Å². The molecule has 0 saturated heterocycles. The predicted molar refractivity (Wildman–Crippen MR) is 69.6 cm³/mol. The van der Waals surface area contributed by atoms with Crippen LogP contribution < -0.4 is 11.1 Å². The Balaban J connectivity index is 2.59. The van der Waals surface area contributed by atoms with Crippen molar-refractivity contribution in [1.82, 2.24) is 4.98 Å². The van der Waals surface area contributed by atoms with Crippen molar-refractivity contribution in [2.24, 2.45) is 0 Å². The number of hydrogen-bond donors (Lipinski definition) is 2. The second-order valence-electron chi connectivity index (χ2n) is 3.76. The van der Waals surface area contributed by atoms with E-state index in [1.807, 2.05) is 37.3 Å². The molecule has 2 rings (SSSR count). The normalized spacial score (nSPS) is 10.3. The fourth-order valence-corrected chi connectivity index (χ4v) is 1.70. The van der Waals surface area contributed by atoms with Gasteiger partial charge in [0.15, 0.2) is 0 Å². The summed E-state index contributed by atoms with van der Waals surface area (Å²) in [7, 11) is 0. The van der Waals surface area contributed by atoms with Crippen molar-refractivity contribution in [2.45, 2.75) is 6.92 Å². The molecular formula is C13H15N3. The van der Waals surface area contributed by atoms with Gasteiger partial charge < -0.3 is 11.1 Å². The van der Waals surface area contributed by atoms with Crippen LogP contribution in [0, 0.1) is 6.92 Å². The fourth-order valence-electron chi connectivity index (χ4n) is 1.70. The van der Waals surface area contributed by atoms with Gasteiger partial charge in [-0.3, -0.25) is 4.98 Å². The molecule has 2 aromatic rings. The molecule has 3 nitrogen and oxygen atoms in total. The van der Waals surface area contributed by atoms with Crippen LogP contribution in [0.1, 0.15) is 5.69 Å². The molecule has 0 aliphatic rings. The van der Waals surface area contributed by atoms with Gasteiger partial charge in [0.1, 0.15) is 0 Å². The van der Waals surface area contributed by atoms with E-state index in [-0.39, 0.29) is 0 Å². The molecule has 0 fully saturated rings. The summed E-state index contributed by atoms with van der Waals surface area (Å²) in [5, 5.41) is 4.34. The van der Waals surface area contributed by atoms with Crippen LogP contribution in [0.4, 0.5) is 11.4 Å². The Bertz CT molecular complexity index is 532. The summed E-state index contributed by atoms with van der Waals surface area (Å²) in [6.45, 7) is 6.40. The second kappa shape index (κ2) is 4.23. The molecule has 0 aliphatic carbocycles. The molecule has 0 spiro atoms. The van der Waals surface area contributed by atoms with E-state index in [1.54, 1.807) is 0 Å². The second-order valence-corrected chi connectivity index (χ2v) is 3.76. The molecular weight excluding hydrogens is 198 g/mol. The highest BCUT2D eigenvalue weighted by molar-refractivity contribution is 5.93. The number of nitrogens with two attached hydrogens (primary N) is 1. The molecule has 0 aliphatic heterocycles. The van der Waals surface area contributed by atoms with E-state index in [1.165, 1.54) is 0 Å². The van der Waals surface area contributed by atoms with E-state index < -0.39 is 0 Å². The first-order valence-corrected chi connectivity index (χ1v) is 5.22. The number of anilines is 2. The van der Waals surface area contributed by atoms with Crippen LogP contribution in [-0.4, -0.2) is 11.5 Å². The highest BCUT2D eigenvalue weighted by atomic mass is 14.9. The molecule has 16 heavy (non-hydrogen) atoms. The highest BCUT2D eigenvalue weighted by Crippen LogP contribution is 2.25. The largest absolute Gasteiger partial charge is 0.399 e. The lowest BCUT2D eigenvalue weighted by Gasteiger charge is -2.09. The summed E-state index contributed by atoms with van der Waals surface area (Å²) in [5.41, 5.74) is 9.53. The van der Waals surface area contributed by atoms with Gasteiger partial charge >= 0.3 is 0 Å². The van der Waals surface area contributed by atoms with E-state index >= 15 is 0 Å². The minimum Gasteiger partial charge on any atom is -0.399 e. The molecule has 0 bridgehead atoms. The first kappa shape index (κ1) is 10.5. The van der Waals surface area contributed by atoms with Gasteiger partial charge in [0.05, 0.1) is 5.52 Å². The summed E-state index contributed by atoms with van der Waals surface area (Å²) in [5.74, 6) is 0. The van der Waals surface area contributed by atoms with Crippen molar-refractivity contribution in [2.75, 3.05) is 17.6 Å². The van der Waals surface area contributed by atoms with E-state index in [4.69, 9.17) is 5.73 Å². The van der Waals surface area contributed by atoms with Crippen LogP contribution in [0.15, 0.2) is 36.9 Å². The smallest absolute Gasteiger partial charge is 0.0727 e. The van der Waals surface area contributed by atoms with Gasteiger partial charge in [0.2, 0.25) is 0 Å². The van der Waals surface area contributed by atoms with Crippen molar-refractivity contribution >= 4 is 22.3 Å². The fraction of sp³-hybridized carbons (Fsp3) is 0.154. The topological polar surface area (TPSA) is 50.9 Å². The minimum absolute atomic E-state index is 0.730. The Morgan fingerprint density at radius 1 is 1.44 bits per heavy atom. The monoisotopic (exact) mass is 213 g/mol. The molecule has 0 saturated carbocycles. The summed E-state index contributed by atoms with van der Waals surface area (Å²) in [6, 6.07) is 7.77.